The highest BCUT2D eigenvalue weighted by atomic mass is 16.2. The Bertz CT molecular complexity index is 1170. The minimum absolute atomic E-state index is 0.264. The molecule has 1 heterocycles. The number of imide groups is 1. The Morgan fingerprint density at radius 3 is 2.09 bits per heavy atom. The van der Waals surface area contributed by atoms with Gasteiger partial charge in [-0.1, -0.05) is 42.5 Å². The Morgan fingerprint density at radius 2 is 1.47 bits per heavy atom. The number of para-hydroxylation sites is 1. The topological polar surface area (TPSA) is 86.8 Å². The summed E-state index contributed by atoms with van der Waals surface area (Å²) in [6, 6.07) is 22.5. The second-order valence-corrected chi connectivity index (χ2v) is 7.48. The maximum absolute atomic E-state index is 13.2. The van der Waals surface area contributed by atoms with Gasteiger partial charge < -0.3 is 10.2 Å². The first-order valence-corrected chi connectivity index (χ1v) is 10.1. The van der Waals surface area contributed by atoms with E-state index in [-0.39, 0.29) is 17.7 Å². The molecule has 0 aromatic heterocycles. The van der Waals surface area contributed by atoms with Crippen LogP contribution in [0.5, 0.6) is 0 Å². The van der Waals surface area contributed by atoms with Crippen molar-refractivity contribution in [3.8, 4) is 0 Å². The molecule has 4 rings (SSSR count). The normalized spacial score (nSPS) is 12.5. The molecule has 32 heavy (non-hydrogen) atoms. The average Bonchev–Trinajstić information content (AvgIpc) is 3.03. The van der Waals surface area contributed by atoms with E-state index in [1.165, 1.54) is 4.90 Å². The fourth-order valence-corrected chi connectivity index (χ4v) is 3.60. The summed E-state index contributed by atoms with van der Waals surface area (Å²) in [5.41, 5.74) is 2.65. The third kappa shape index (κ3) is 4.27. The number of hydrogen-bond donors (Lipinski definition) is 1. The number of anilines is 2. The first-order chi connectivity index (χ1) is 15.4. The Balaban J connectivity index is 1.53. The molecule has 4 amide bonds. The minimum atomic E-state index is -0.537. The summed E-state index contributed by atoms with van der Waals surface area (Å²) in [6.07, 6.45) is 0. The lowest BCUT2D eigenvalue weighted by Gasteiger charge is -2.24. The number of benzene rings is 3. The molecule has 1 aliphatic heterocycles. The number of rotatable bonds is 6. The van der Waals surface area contributed by atoms with Crippen molar-refractivity contribution in [1.29, 1.82) is 0 Å². The molecule has 7 heteroatoms. The number of fused-ring (bicyclic) bond motifs is 1. The van der Waals surface area contributed by atoms with Crippen LogP contribution in [0.1, 0.15) is 26.3 Å². The number of nitrogens with zero attached hydrogens (tertiary/aromatic N) is 2. The van der Waals surface area contributed by atoms with Gasteiger partial charge in [-0.15, -0.1) is 0 Å². The third-order valence-electron chi connectivity index (χ3n) is 5.14. The van der Waals surface area contributed by atoms with Gasteiger partial charge in [0, 0.05) is 11.4 Å². The third-order valence-corrected chi connectivity index (χ3v) is 5.14. The van der Waals surface area contributed by atoms with E-state index in [0.29, 0.717) is 11.4 Å². The molecule has 0 atom stereocenters. The van der Waals surface area contributed by atoms with E-state index >= 15 is 0 Å². The average molecular weight is 427 g/mol. The summed E-state index contributed by atoms with van der Waals surface area (Å²) in [6.45, 7) is 1.19. The molecular weight excluding hydrogens is 406 g/mol. The molecule has 160 valence electrons. The van der Waals surface area contributed by atoms with Gasteiger partial charge in [-0.05, 0) is 48.9 Å². The molecule has 0 radical (unpaired) electrons. The van der Waals surface area contributed by atoms with Crippen molar-refractivity contribution in [2.24, 2.45) is 0 Å². The lowest BCUT2D eigenvalue weighted by atomic mass is 10.1. The summed E-state index contributed by atoms with van der Waals surface area (Å²) >= 11 is 0. The van der Waals surface area contributed by atoms with E-state index in [0.717, 1.165) is 10.5 Å². The van der Waals surface area contributed by atoms with Gasteiger partial charge in [0.15, 0.2) is 0 Å². The van der Waals surface area contributed by atoms with Crippen molar-refractivity contribution >= 4 is 35.0 Å². The fourth-order valence-electron chi connectivity index (χ4n) is 3.60. The van der Waals surface area contributed by atoms with Crippen molar-refractivity contribution in [3.63, 3.8) is 0 Å². The molecule has 0 fully saturated rings. The first kappa shape index (κ1) is 21.0. The molecule has 1 N–H and O–H groups in total. The lowest BCUT2D eigenvalue weighted by molar-refractivity contribution is -0.121. The van der Waals surface area contributed by atoms with E-state index in [1.54, 1.807) is 60.7 Å². The summed E-state index contributed by atoms with van der Waals surface area (Å²) in [5, 5.41) is 2.78. The summed E-state index contributed by atoms with van der Waals surface area (Å²) in [4.78, 5) is 53.4. The second-order valence-electron chi connectivity index (χ2n) is 7.48. The van der Waals surface area contributed by atoms with Gasteiger partial charge in [-0.3, -0.25) is 24.1 Å². The Hall–Kier alpha value is -4.26. The smallest absolute Gasteiger partial charge is 0.262 e. The van der Waals surface area contributed by atoms with Crippen molar-refractivity contribution in [3.05, 3.63) is 95.6 Å². The monoisotopic (exact) mass is 427 g/mol. The Kier molecular flexibility index (Phi) is 5.81. The molecule has 0 spiro atoms. The maximum atomic E-state index is 13.2. The number of amides is 4. The molecule has 0 unspecified atom stereocenters. The van der Waals surface area contributed by atoms with Gasteiger partial charge in [0.2, 0.25) is 11.8 Å². The molecule has 0 aliphatic carbocycles. The van der Waals surface area contributed by atoms with E-state index in [4.69, 9.17) is 0 Å². The number of carbonyl (C=O) groups is 4. The van der Waals surface area contributed by atoms with Gasteiger partial charge in [-0.2, -0.15) is 0 Å². The van der Waals surface area contributed by atoms with E-state index < -0.39 is 30.2 Å². The number of hydrogen-bond acceptors (Lipinski definition) is 4. The Labute approximate surface area is 185 Å². The van der Waals surface area contributed by atoms with Crippen molar-refractivity contribution in [2.75, 3.05) is 23.3 Å². The van der Waals surface area contributed by atoms with Crippen LogP contribution in [0.15, 0.2) is 78.9 Å². The quantitative estimate of drug-likeness (QED) is 0.612. The summed E-state index contributed by atoms with van der Waals surface area (Å²) < 4.78 is 0. The van der Waals surface area contributed by atoms with Crippen LogP contribution in [0.4, 0.5) is 11.4 Å². The molecule has 0 saturated heterocycles. The molecular formula is C25H21N3O4. The maximum Gasteiger partial charge on any atom is 0.262 e. The van der Waals surface area contributed by atoms with Crippen LogP contribution in [0, 0.1) is 6.92 Å². The van der Waals surface area contributed by atoms with E-state index in [1.807, 2.05) is 25.1 Å². The van der Waals surface area contributed by atoms with Crippen molar-refractivity contribution < 1.29 is 19.2 Å². The standard InChI is InChI=1S/C25H21N3O4/c1-17-8-7-9-18(14-17)26-22(29)15-27(19-10-3-2-4-11-19)23(30)16-28-24(31)20-12-5-6-13-21(20)25(28)32/h2-14H,15-16H2,1H3,(H,26,29). The van der Waals surface area contributed by atoms with Gasteiger partial charge >= 0.3 is 0 Å². The van der Waals surface area contributed by atoms with Crippen LogP contribution in [0.25, 0.3) is 0 Å². The zero-order valence-corrected chi connectivity index (χ0v) is 17.4. The molecule has 1 aliphatic rings. The van der Waals surface area contributed by atoms with Gasteiger partial charge in [0.25, 0.3) is 11.8 Å². The van der Waals surface area contributed by atoms with Crippen molar-refractivity contribution in [2.45, 2.75) is 6.92 Å². The fraction of sp³-hybridized carbons (Fsp3) is 0.120. The lowest BCUT2D eigenvalue weighted by Crippen LogP contribution is -2.45. The molecule has 0 bridgehead atoms. The molecule has 3 aromatic carbocycles. The van der Waals surface area contributed by atoms with E-state index in [9.17, 15) is 19.2 Å². The summed E-state index contributed by atoms with van der Waals surface area (Å²) in [5.74, 6) is -1.97. The van der Waals surface area contributed by atoms with Crippen LogP contribution >= 0.6 is 0 Å². The SMILES string of the molecule is Cc1cccc(NC(=O)CN(C(=O)CN2C(=O)c3ccccc3C2=O)c2ccccc2)c1. The highest BCUT2D eigenvalue weighted by Crippen LogP contribution is 2.23. The molecule has 0 saturated carbocycles. The van der Waals surface area contributed by atoms with Gasteiger partial charge in [-0.25, -0.2) is 0 Å². The minimum Gasteiger partial charge on any atom is -0.325 e. The van der Waals surface area contributed by atoms with Crippen LogP contribution in [-0.2, 0) is 9.59 Å². The van der Waals surface area contributed by atoms with Crippen LogP contribution in [0.2, 0.25) is 0 Å². The predicted octanol–water partition coefficient (Wildman–Crippen LogP) is 3.26. The van der Waals surface area contributed by atoms with Gasteiger partial charge in [0.1, 0.15) is 13.1 Å². The molecule has 7 nitrogen and oxygen atoms in total. The summed E-state index contributed by atoms with van der Waals surface area (Å²) in [7, 11) is 0. The van der Waals surface area contributed by atoms with Crippen LogP contribution in [-0.4, -0.2) is 41.6 Å². The molecule has 3 aromatic rings. The zero-order valence-electron chi connectivity index (χ0n) is 17.4. The highest BCUT2D eigenvalue weighted by Gasteiger charge is 2.37. The van der Waals surface area contributed by atoms with Gasteiger partial charge in [0.05, 0.1) is 11.1 Å². The predicted molar refractivity (Wildman–Crippen MR) is 120 cm³/mol. The number of nitrogens with one attached hydrogen (secondary N) is 1. The highest BCUT2D eigenvalue weighted by molar-refractivity contribution is 6.23. The van der Waals surface area contributed by atoms with Crippen molar-refractivity contribution in [1.82, 2.24) is 4.90 Å². The Morgan fingerprint density at radius 1 is 0.844 bits per heavy atom. The number of aryl methyl sites for hydroxylation is 1. The largest absolute Gasteiger partial charge is 0.325 e. The number of carbonyl (C=O) groups excluding carboxylic acids is 4. The van der Waals surface area contributed by atoms with E-state index in [2.05, 4.69) is 5.32 Å². The van der Waals surface area contributed by atoms with Crippen LogP contribution in [0.3, 0.4) is 0 Å². The van der Waals surface area contributed by atoms with Crippen LogP contribution < -0.4 is 10.2 Å². The zero-order chi connectivity index (χ0) is 22.7. The first-order valence-electron chi connectivity index (χ1n) is 10.1. The second kappa shape index (κ2) is 8.85.